The van der Waals surface area contributed by atoms with E-state index in [-0.39, 0.29) is 11.8 Å². The van der Waals surface area contributed by atoms with Gasteiger partial charge in [0.25, 0.3) is 11.8 Å². The Morgan fingerprint density at radius 3 is 2.46 bits per heavy atom. The van der Waals surface area contributed by atoms with Crippen LogP contribution in [0, 0.1) is 5.92 Å². The summed E-state index contributed by atoms with van der Waals surface area (Å²) in [6, 6.07) is 7.11. The van der Waals surface area contributed by atoms with Crippen LogP contribution in [0.2, 0.25) is 0 Å². The maximum Gasteiger partial charge on any atom is 0.253 e. The molecule has 0 aromatic heterocycles. The first kappa shape index (κ1) is 18.9. The van der Waals surface area contributed by atoms with Gasteiger partial charge in [-0.1, -0.05) is 13.0 Å². The van der Waals surface area contributed by atoms with Gasteiger partial charge in [-0.15, -0.1) is 0 Å². The Labute approximate surface area is 156 Å². The number of hydrogen-bond acceptors (Lipinski definition) is 3. The second kappa shape index (κ2) is 9.17. The Hall–Kier alpha value is -1.88. The lowest BCUT2D eigenvalue weighted by atomic mass is 9.95. The number of nitrogens with one attached hydrogen (secondary N) is 1. The highest BCUT2D eigenvalue weighted by molar-refractivity contribution is 5.99. The van der Waals surface area contributed by atoms with Crippen LogP contribution in [0.1, 0.15) is 59.7 Å². The predicted molar refractivity (Wildman–Crippen MR) is 103 cm³/mol. The Morgan fingerprint density at radius 2 is 1.77 bits per heavy atom. The van der Waals surface area contributed by atoms with Gasteiger partial charge < -0.3 is 15.1 Å². The molecule has 0 spiro atoms. The SMILES string of the molecule is CCCNC(=O)c1cccc(C(=O)N2CCC(CN3CCCC3)CC2)c1. The molecule has 5 nitrogen and oxygen atoms in total. The first-order chi connectivity index (χ1) is 12.7. The molecule has 1 aromatic rings. The van der Waals surface area contributed by atoms with E-state index in [1.54, 1.807) is 18.2 Å². The number of hydrogen-bond donors (Lipinski definition) is 1. The lowest BCUT2D eigenvalue weighted by Gasteiger charge is -2.34. The predicted octanol–water partition coefficient (Wildman–Crippen LogP) is 2.77. The number of benzene rings is 1. The first-order valence-electron chi connectivity index (χ1n) is 10.1. The Bertz CT molecular complexity index is 617. The minimum atomic E-state index is -0.106. The van der Waals surface area contributed by atoms with E-state index in [9.17, 15) is 9.59 Å². The van der Waals surface area contributed by atoms with Gasteiger partial charge in [-0.2, -0.15) is 0 Å². The molecule has 0 unspecified atom stereocenters. The molecule has 0 saturated carbocycles. The summed E-state index contributed by atoms with van der Waals surface area (Å²) in [4.78, 5) is 29.5. The van der Waals surface area contributed by atoms with E-state index in [0.717, 1.165) is 32.4 Å². The smallest absolute Gasteiger partial charge is 0.253 e. The van der Waals surface area contributed by atoms with E-state index in [1.165, 1.54) is 32.5 Å². The third-order valence-electron chi connectivity index (χ3n) is 5.52. The zero-order chi connectivity index (χ0) is 18.4. The van der Waals surface area contributed by atoms with Gasteiger partial charge >= 0.3 is 0 Å². The van der Waals surface area contributed by atoms with Crippen molar-refractivity contribution in [1.82, 2.24) is 15.1 Å². The topological polar surface area (TPSA) is 52.7 Å². The molecule has 3 rings (SSSR count). The maximum atomic E-state index is 12.8. The van der Waals surface area contributed by atoms with Gasteiger partial charge in [0.05, 0.1) is 0 Å². The highest BCUT2D eigenvalue weighted by Crippen LogP contribution is 2.22. The number of piperidine rings is 1. The van der Waals surface area contributed by atoms with Gasteiger partial charge in [-0.05, 0) is 69.3 Å². The van der Waals surface area contributed by atoms with E-state index in [1.807, 2.05) is 17.9 Å². The molecule has 2 fully saturated rings. The third kappa shape index (κ3) is 4.85. The number of carbonyl (C=O) groups excluding carboxylic acids is 2. The van der Waals surface area contributed by atoms with Gasteiger partial charge in [0.2, 0.25) is 0 Å². The summed E-state index contributed by atoms with van der Waals surface area (Å²) in [7, 11) is 0. The molecular formula is C21H31N3O2. The minimum Gasteiger partial charge on any atom is -0.352 e. The normalized spacial score (nSPS) is 18.9. The molecule has 2 aliphatic heterocycles. The van der Waals surface area contributed by atoms with Crippen molar-refractivity contribution >= 4 is 11.8 Å². The molecular weight excluding hydrogens is 326 g/mol. The Morgan fingerprint density at radius 1 is 1.08 bits per heavy atom. The molecule has 26 heavy (non-hydrogen) atoms. The van der Waals surface area contributed by atoms with Crippen molar-refractivity contribution in [2.24, 2.45) is 5.92 Å². The van der Waals surface area contributed by atoms with E-state index in [4.69, 9.17) is 0 Å². The standard InChI is InChI=1S/C21H31N3O2/c1-2-10-22-20(25)18-6-5-7-19(15-18)21(26)24-13-8-17(9-14-24)16-23-11-3-4-12-23/h5-7,15,17H,2-4,8-14,16H2,1H3,(H,22,25). The zero-order valence-corrected chi connectivity index (χ0v) is 15.9. The number of likely N-dealkylation sites (tertiary alicyclic amines) is 2. The quantitative estimate of drug-likeness (QED) is 0.852. The van der Waals surface area contributed by atoms with E-state index in [2.05, 4.69) is 10.2 Å². The zero-order valence-electron chi connectivity index (χ0n) is 15.9. The summed E-state index contributed by atoms with van der Waals surface area (Å²) in [5.74, 6) is 0.656. The van der Waals surface area contributed by atoms with Crippen LogP contribution in [0.15, 0.2) is 24.3 Å². The van der Waals surface area contributed by atoms with E-state index < -0.39 is 0 Å². The fourth-order valence-corrected chi connectivity index (χ4v) is 3.97. The fourth-order valence-electron chi connectivity index (χ4n) is 3.97. The highest BCUT2D eigenvalue weighted by Gasteiger charge is 2.26. The lowest BCUT2D eigenvalue weighted by Crippen LogP contribution is -2.41. The highest BCUT2D eigenvalue weighted by atomic mass is 16.2. The molecule has 2 aliphatic rings. The molecule has 1 aromatic carbocycles. The summed E-state index contributed by atoms with van der Waals surface area (Å²) in [5, 5.41) is 2.87. The third-order valence-corrected chi connectivity index (χ3v) is 5.52. The van der Waals surface area contributed by atoms with Gasteiger partial charge in [0.15, 0.2) is 0 Å². The fraction of sp³-hybridized carbons (Fsp3) is 0.619. The number of rotatable bonds is 6. The van der Waals surface area contributed by atoms with E-state index >= 15 is 0 Å². The Balaban J connectivity index is 1.54. The molecule has 142 valence electrons. The summed E-state index contributed by atoms with van der Waals surface area (Å²) in [6.07, 6.45) is 5.73. The van der Waals surface area contributed by atoms with Crippen LogP contribution in [0.25, 0.3) is 0 Å². The van der Waals surface area contributed by atoms with Gasteiger partial charge in [0.1, 0.15) is 0 Å². The molecule has 5 heteroatoms. The molecule has 1 N–H and O–H groups in total. The van der Waals surface area contributed by atoms with Crippen molar-refractivity contribution in [3.05, 3.63) is 35.4 Å². The van der Waals surface area contributed by atoms with Gasteiger partial charge in [0, 0.05) is 37.3 Å². The van der Waals surface area contributed by atoms with Crippen molar-refractivity contribution in [3.8, 4) is 0 Å². The second-order valence-corrected chi connectivity index (χ2v) is 7.58. The summed E-state index contributed by atoms with van der Waals surface area (Å²) in [5.41, 5.74) is 1.18. The van der Waals surface area contributed by atoms with Crippen LogP contribution in [0.5, 0.6) is 0 Å². The largest absolute Gasteiger partial charge is 0.352 e. The number of carbonyl (C=O) groups is 2. The van der Waals surface area contributed by atoms with Crippen molar-refractivity contribution < 1.29 is 9.59 Å². The summed E-state index contributed by atoms with van der Waals surface area (Å²) in [6.45, 7) is 8.00. The van der Waals surface area contributed by atoms with Crippen LogP contribution >= 0.6 is 0 Å². The van der Waals surface area contributed by atoms with Crippen molar-refractivity contribution in [3.63, 3.8) is 0 Å². The van der Waals surface area contributed by atoms with Crippen molar-refractivity contribution in [1.29, 1.82) is 0 Å². The minimum absolute atomic E-state index is 0.0507. The van der Waals surface area contributed by atoms with Crippen LogP contribution in [0.3, 0.4) is 0 Å². The molecule has 0 bridgehead atoms. The van der Waals surface area contributed by atoms with Crippen LogP contribution in [-0.4, -0.2) is 60.9 Å². The van der Waals surface area contributed by atoms with Crippen LogP contribution in [-0.2, 0) is 0 Å². The molecule has 2 saturated heterocycles. The molecule has 2 amide bonds. The average molecular weight is 357 g/mol. The summed E-state index contributed by atoms with van der Waals surface area (Å²) >= 11 is 0. The van der Waals surface area contributed by atoms with Crippen molar-refractivity contribution in [2.75, 3.05) is 39.3 Å². The van der Waals surface area contributed by atoms with E-state index in [0.29, 0.717) is 23.6 Å². The van der Waals surface area contributed by atoms with Crippen LogP contribution in [0.4, 0.5) is 0 Å². The number of amides is 2. The number of nitrogens with zero attached hydrogens (tertiary/aromatic N) is 2. The van der Waals surface area contributed by atoms with Gasteiger partial charge in [-0.25, -0.2) is 0 Å². The molecule has 0 radical (unpaired) electrons. The maximum absolute atomic E-state index is 12.8. The second-order valence-electron chi connectivity index (χ2n) is 7.58. The molecule has 0 aliphatic carbocycles. The monoisotopic (exact) mass is 357 g/mol. The van der Waals surface area contributed by atoms with Crippen LogP contribution < -0.4 is 5.32 Å². The molecule has 0 atom stereocenters. The lowest BCUT2D eigenvalue weighted by molar-refractivity contribution is 0.0673. The first-order valence-corrected chi connectivity index (χ1v) is 10.1. The summed E-state index contributed by atoms with van der Waals surface area (Å²) < 4.78 is 0. The average Bonchev–Trinajstić information content (AvgIpc) is 3.19. The molecule has 2 heterocycles. The van der Waals surface area contributed by atoms with Crippen molar-refractivity contribution in [2.45, 2.75) is 39.0 Å². The Kier molecular flexibility index (Phi) is 6.67. The van der Waals surface area contributed by atoms with Gasteiger partial charge in [-0.3, -0.25) is 9.59 Å².